The van der Waals surface area contributed by atoms with Crippen molar-refractivity contribution in [3.8, 4) is 11.9 Å². The van der Waals surface area contributed by atoms with E-state index in [4.69, 9.17) is 10.00 Å². The van der Waals surface area contributed by atoms with Gasteiger partial charge in [0.25, 0.3) is 0 Å². The third-order valence-electron chi connectivity index (χ3n) is 1.13. The van der Waals surface area contributed by atoms with Crippen LogP contribution in [-0.4, -0.2) is 17.1 Å². The third-order valence-corrected chi connectivity index (χ3v) is 1.13. The molecule has 0 aliphatic carbocycles. The zero-order valence-corrected chi connectivity index (χ0v) is 6.11. The highest BCUT2D eigenvalue weighted by Crippen LogP contribution is 2.03. The van der Waals surface area contributed by atoms with Crippen LogP contribution < -0.4 is 4.74 Å². The second-order valence-corrected chi connectivity index (χ2v) is 1.85. The summed E-state index contributed by atoms with van der Waals surface area (Å²) in [5.74, 6) is 0.983. The van der Waals surface area contributed by atoms with E-state index in [1.54, 1.807) is 12.3 Å². The van der Waals surface area contributed by atoms with Crippen LogP contribution in [0.2, 0.25) is 0 Å². The maximum atomic E-state index is 8.31. The second-order valence-electron chi connectivity index (χ2n) is 1.85. The summed E-state index contributed by atoms with van der Waals surface area (Å²) in [4.78, 5) is 7.79. The highest BCUT2D eigenvalue weighted by atomic mass is 16.5. The van der Waals surface area contributed by atoms with E-state index < -0.39 is 0 Å². The van der Waals surface area contributed by atoms with Gasteiger partial charge in [-0.1, -0.05) is 0 Å². The number of hydrogen-bond donors (Lipinski definition) is 0. The van der Waals surface area contributed by atoms with Crippen molar-refractivity contribution in [3.05, 3.63) is 18.1 Å². The lowest BCUT2D eigenvalue weighted by atomic mass is 10.4. The minimum atomic E-state index is 0.219. The van der Waals surface area contributed by atoms with Crippen LogP contribution >= 0.6 is 0 Å². The largest absolute Gasteiger partial charge is 0.481 e. The molecule has 4 nitrogen and oxygen atoms in total. The third kappa shape index (κ3) is 1.90. The molecule has 0 amide bonds. The number of rotatable bonds is 2. The molecule has 1 heterocycles. The number of hydrogen-bond acceptors (Lipinski definition) is 4. The van der Waals surface area contributed by atoms with E-state index in [9.17, 15) is 0 Å². The van der Waals surface area contributed by atoms with Crippen LogP contribution in [0.25, 0.3) is 0 Å². The fourth-order valence-electron chi connectivity index (χ4n) is 0.650. The van der Waals surface area contributed by atoms with Gasteiger partial charge in [0.15, 0.2) is 0 Å². The molecule has 56 valence electrons. The van der Waals surface area contributed by atoms with Gasteiger partial charge >= 0.3 is 0 Å². The summed E-state index contributed by atoms with van der Waals surface area (Å²) >= 11 is 0. The Morgan fingerprint density at radius 3 is 3.18 bits per heavy atom. The molecule has 0 aliphatic rings. The predicted molar refractivity (Wildman–Crippen MR) is 37.9 cm³/mol. The average molecular weight is 149 g/mol. The Labute approximate surface area is 64.5 Å². The zero-order chi connectivity index (χ0) is 8.10. The summed E-state index contributed by atoms with van der Waals surface area (Å²) in [7, 11) is 1.53. The molecule has 0 N–H and O–H groups in total. The van der Waals surface area contributed by atoms with E-state index in [2.05, 4.69) is 9.97 Å². The summed E-state index contributed by atoms with van der Waals surface area (Å²) in [5.41, 5.74) is 0. The first-order valence-corrected chi connectivity index (χ1v) is 3.09. The van der Waals surface area contributed by atoms with Gasteiger partial charge in [0, 0.05) is 12.3 Å². The van der Waals surface area contributed by atoms with Gasteiger partial charge in [-0.3, -0.25) is 0 Å². The maximum absolute atomic E-state index is 8.31. The fraction of sp³-hybridized carbons (Fsp3) is 0.286. The predicted octanol–water partition coefficient (Wildman–Crippen LogP) is 0.551. The molecule has 1 aromatic heterocycles. The molecule has 0 saturated heterocycles. The highest BCUT2D eigenvalue weighted by Gasteiger charge is 1.96. The Balaban J connectivity index is 2.84. The molecule has 0 fully saturated rings. The topological polar surface area (TPSA) is 58.8 Å². The Bertz CT molecular complexity index is 279. The quantitative estimate of drug-likeness (QED) is 0.616. The molecular weight excluding hydrogens is 142 g/mol. The van der Waals surface area contributed by atoms with Crippen molar-refractivity contribution in [2.45, 2.75) is 6.42 Å². The van der Waals surface area contributed by atoms with Crippen molar-refractivity contribution in [2.24, 2.45) is 0 Å². The van der Waals surface area contributed by atoms with Crippen molar-refractivity contribution >= 4 is 0 Å². The summed E-state index contributed by atoms with van der Waals surface area (Å²) in [5, 5.41) is 8.31. The minimum absolute atomic E-state index is 0.219. The normalized spacial score (nSPS) is 8.73. The number of aromatic nitrogens is 2. The number of nitrogens with zero attached hydrogens (tertiary/aromatic N) is 3. The van der Waals surface area contributed by atoms with Crippen molar-refractivity contribution in [1.82, 2.24) is 9.97 Å². The van der Waals surface area contributed by atoms with Gasteiger partial charge < -0.3 is 4.74 Å². The summed E-state index contributed by atoms with van der Waals surface area (Å²) in [6, 6.07) is 3.59. The van der Waals surface area contributed by atoms with Gasteiger partial charge in [-0.05, 0) is 0 Å². The molecule has 1 aromatic rings. The summed E-state index contributed by atoms with van der Waals surface area (Å²) in [6.45, 7) is 0. The van der Waals surface area contributed by atoms with Crippen LogP contribution in [0.15, 0.2) is 12.3 Å². The van der Waals surface area contributed by atoms with Crippen molar-refractivity contribution in [3.63, 3.8) is 0 Å². The smallest absolute Gasteiger partial charge is 0.216 e. The first-order valence-electron chi connectivity index (χ1n) is 3.09. The Morgan fingerprint density at radius 1 is 1.73 bits per heavy atom. The SMILES string of the molecule is COc1ccnc(CC#N)n1. The standard InChI is InChI=1S/C7H7N3O/c1-11-7-3-5-9-6(10-7)2-4-8/h3,5H,2H2,1H3. The Kier molecular flexibility index (Phi) is 2.39. The number of nitriles is 1. The lowest BCUT2D eigenvalue weighted by Gasteiger charge is -1.97. The molecule has 0 atom stereocenters. The van der Waals surface area contributed by atoms with Crippen molar-refractivity contribution in [1.29, 1.82) is 5.26 Å². The van der Waals surface area contributed by atoms with E-state index in [0.717, 1.165) is 0 Å². The minimum Gasteiger partial charge on any atom is -0.481 e. The van der Waals surface area contributed by atoms with E-state index >= 15 is 0 Å². The average Bonchev–Trinajstić information content (AvgIpc) is 2.06. The fourth-order valence-corrected chi connectivity index (χ4v) is 0.650. The van der Waals surface area contributed by atoms with E-state index in [1.165, 1.54) is 7.11 Å². The molecule has 0 saturated carbocycles. The Morgan fingerprint density at radius 2 is 2.55 bits per heavy atom. The molecule has 11 heavy (non-hydrogen) atoms. The Hall–Kier alpha value is -1.63. The number of methoxy groups -OCH3 is 1. The molecular formula is C7H7N3O. The molecule has 0 spiro atoms. The van der Waals surface area contributed by atoms with Crippen LogP contribution in [-0.2, 0) is 6.42 Å². The first-order chi connectivity index (χ1) is 5.36. The molecule has 0 aliphatic heterocycles. The summed E-state index contributed by atoms with van der Waals surface area (Å²) < 4.78 is 4.84. The van der Waals surface area contributed by atoms with Crippen molar-refractivity contribution in [2.75, 3.05) is 7.11 Å². The molecule has 0 radical (unpaired) electrons. The van der Waals surface area contributed by atoms with Crippen molar-refractivity contribution < 1.29 is 4.74 Å². The number of ether oxygens (including phenoxy) is 1. The molecule has 4 heteroatoms. The van der Waals surface area contributed by atoms with Gasteiger partial charge in [0.2, 0.25) is 5.88 Å². The highest BCUT2D eigenvalue weighted by molar-refractivity contribution is 5.09. The van der Waals surface area contributed by atoms with Crippen LogP contribution in [0.3, 0.4) is 0 Å². The lowest BCUT2D eigenvalue weighted by molar-refractivity contribution is 0.395. The molecule has 0 aromatic carbocycles. The summed E-state index contributed by atoms with van der Waals surface area (Å²) in [6.07, 6.45) is 1.79. The second kappa shape index (κ2) is 3.52. The first kappa shape index (κ1) is 7.48. The maximum Gasteiger partial charge on any atom is 0.216 e. The van der Waals surface area contributed by atoms with Gasteiger partial charge in [0.05, 0.1) is 19.6 Å². The lowest BCUT2D eigenvalue weighted by Crippen LogP contribution is -1.95. The van der Waals surface area contributed by atoms with Gasteiger partial charge in [0.1, 0.15) is 5.82 Å². The molecule has 0 unspecified atom stereocenters. The monoisotopic (exact) mass is 149 g/mol. The molecule has 0 bridgehead atoms. The van der Waals surface area contributed by atoms with Gasteiger partial charge in [-0.2, -0.15) is 10.2 Å². The zero-order valence-electron chi connectivity index (χ0n) is 6.11. The van der Waals surface area contributed by atoms with Crippen LogP contribution in [0, 0.1) is 11.3 Å². The van der Waals surface area contributed by atoms with Crippen LogP contribution in [0.1, 0.15) is 5.82 Å². The van der Waals surface area contributed by atoms with E-state index in [0.29, 0.717) is 11.7 Å². The van der Waals surface area contributed by atoms with Crippen LogP contribution in [0.4, 0.5) is 0 Å². The van der Waals surface area contributed by atoms with Gasteiger partial charge in [-0.15, -0.1) is 0 Å². The van der Waals surface area contributed by atoms with Crippen LogP contribution in [0.5, 0.6) is 5.88 Å². The van der Waals surface area contributed by atoms with E-state index in [-0.39, 0.29) is 6.42 Å². The molecule has 1 rings (SSSR count). The van der Waals surface area contributed by atoms with E-state index in [1.807, 2.05) is 6.07 Å². The van der Waals surface area contributed by atoms with Gasteiger partial charge in [-0.25, -0.2) is 4.98 Å².